The van der Waals surface area contributed by atoms with E-state index in [1.165, 1.54) is 30.3 Å². The third-order valence-corrected chi connectivity index (χ3v) is 5.44. The number of para-hydroxylation sites is 1. The number of rotatable bonds is 7. The second-order valence-electron chi connectivity index (χ2n) is 6.58. The minimum Gasteiger partial charge on any atom is -0.505 e. The topological polar surface area (TPSA) is 87.7 Å². The van der Waals surface area contributed by atoms with Gasteiger partial charge in [-0.2, -0.15) is 0 Å². The predicted octanol–water partition coefficient (Wildman–Crippen LogP) is 5.37. The summed E-state index contributed by atoms with van der Waals surface area (Å²) in [5.41, 5.74) is 0.168. The second kappa shape index (κ2) is 10.1. The number of amides is 2. The summed E-state index contributed by atoms with van der Waals surface area (Å²) in [7, 11) is 0. The minimum atomic E-state index is -4.85. The molecule has 6 nitrogen and oxygen atoms in total. The van der Waals surface area contributed by atoms with Crippen LogP contribution in [-0.2, 0) is 6.42 Å². The summed E-state index contributed by atoms with van der Waals surface area (Å²) in [5, 5.41) is 14.3. The van der Waals surface area contributed by atoms with E-state index in [1.807, 2.05) is 0 Å². The number of anilines is 1. The molecule has 0 aliphatic rings. The molecule has 12 heteroatoms. The summed E-state index contributed by atoms with van der Waals surface area (Å²) in [6, 6.07) is 9.91. The van der Waals surface area contributed by atoms with E-state index < -0.39 is 29.7 Å². The van der Waals surface area contributed by atoms with Crippen LogP contribution in [-0.4, -0.2) is 29.8 Å². The molecule has 0 saturated heterocycles. The third kappa shape index (κ3) is 6.59. The molecule has 1 heterocycles. The number of hydrogen-bond acceptors (Lipinski definition) is 5. The van der Waals surface area contributed by atoms with Crippen LogP contribution >= 0.6 is 22.9 Å². The number of carbonyl (C=O) groups is 2. The number of aromatic hydroxyl groups is 1. The molecule has 0 unspecified atom stereocenters. The Bertz CT molecular complexity index is 1180. The molecular weight excluding hydrogens is 488 g/mol. The lowest BCUT2D eigenvalue weighted by atomic mass is 10.1. The zero-order chi connectivity index (χ0) is 24.2. The van der Waals surface area contributed by atoms with Crippen LogP contribution in [0.25, 0.3) is 0 Å². The van der Waals surface area contributed by atoms with E-state index in [0.29, 0.717) is 0 Å². The minimum absolute atomic E-state index is 0.0254. The molecule has 2 amide bonds. The summed E-state index contributed by atoms with van der Waals surface area (Å²) in [4.78, 5) is 25.0. The molecule has 174 valence electrons. The number of benzene rings is 2. The lowest BCUT2D eigenvalue weighted by molar-refractivity contribution is -0.274. The number of ether oxygens (including phenoxy) is 1. The van der Waals surface area contributed by atoms with Crippen LogP contribution in [0.2, 0.25) is 4.34 Å². The average molecular weight is 503 g/mol. The fourth-order valence-electron chi connectivity index (χ4n) is 2.79. The number of hydrogen-bond donors (Lipinski definition) is 3. The maximum Gasteiger partial charge on any atom is 0.573 e. The standard InChI is InChI=1S/C21H15ClF4N2O4S/c22-17-10-13(20(33-17)28-18(30)12-5-6-15(29)14(23)9-12)19(31)27-8-7-11-3-1-2-4-16(11)32-21(24,25)26/h1-6,9-10,29H,7-8H2,(H,27,31)(H,28,30). The van der Waals surface area contributed by atoms with E-state index in [4.69, 9.17) is 11.6 Å². The van der Waals surface area contributed by atoms with Crippen LogP contribution < -0.4 is 15.4 Å². The maximum atomic E-state index is 13.5. The van der Waals surface area contributed by atoms with Gasteiger partial charge in [0, 0.05) is 12.1 Å². The molecule has 3 rings (SSSR count). The van der Waals surface area contributed by atoms with Gasteiger partial charge in [0.15, 0.2) is 11.6 Å². The van der Waals surface area contributed by atoms with Gasteiger partial charge < -0.3 is 20.5 Å². The Labute approximate surface area is 193 Å². The van der Waals surface area contributed by atoms with E-state index in [9.17, 15) is 32.3 Å². The lowest BCUT2D eigenvalue weighted by Crippen LogP contribution is -2.27. The molecule has 0 aliphatic carbocycles. The molecule has 0 fully saturated rings. The Kier molecular flexibility index (Phi) is 7.44. The van der Waals surface area contributed by atoms with E-state index in [2.05, 4.69) is 15.4 Å². The maximum absolute atomic E-state index is 13.5. The average Bonchev–Trinajstić information content (AvgIpc) is 3.10. The van der Waals surface area contributed by atoms with E-state index >= 15 is 0 Å². The van der Waals surface area contributed by atoms with Crippen molar-refractivity contribution in [2.75, 3.05) is 11.9 Å². The normalized spacial score (nSPS) is 11.2. The highest BCUT2D eigenvalue weighted by atomic mass is 35.5. The first kappa shape index (κ1) is 24.3. The van der Waals surface area contributed by atoms with Crippen molar-refractivity contribution in [3.05, 3.63) is 75.4 Å². The molecule has 2 aromatic carbocycles. The van der Waals surface area contributed by atoms with Gasteiger partial charge in [-0.15, -0.1) is 24.5 Å². The molecule has 3 aromatic rings. The van der Waals surface area contributed by atoms with Crippen molar-refractivity contribution in [2.45, 2.75) is 12.8 Å². The predicted molar refractivity (Wildman–Crippen MR) is 115 cm³/mol. The fourth-order valence-corrected chi connectivity index (χ4v) is 3.90. The molecule has 0 bridgehead atoms. The molecule has 0 atom stereocenters. The van der Waals surface area contributed by atoms with Gasteiger partial charge in [0.2, 0.25) is 0 Å². The SMILES string of the molecule is O=C(Nc1sc(Cl)cc1C(=O)NCCc1ccccc1OC(F)(F)F)c1ccc(O)c(F)c1. The molecule has 0 saturated carbocycles. The number of nitrogens with one attached hydrogen (secondary N) is 2. The summed E-state index contributed by atoms with van der Waals surface area (Å²) in [6.45, 7) is -0.0267. The lowest BCUT2D eigenvalue weighted by Gasteiger charge is -2.13. The molecule has 1 aromatic heterocycles. The van der Waals surface area contributed by atoms with E-state index in [0.717, 1.165) is 23.5 Å². The summed E-state index contributed by atoms with van der Waals surface area (Å²) in [5.74, 6) is -3.33. The van der Waals surface area contributed by atoms with Gasteiger partial charge in [-0.1, -0.05) is 29.8 Å². The van der Waals surface area contributed by atoms with Crippen LogP contribution in [0.15, 0.2) is 48.5 Å². The Morgan fingerprint density at radius 1 is 1.09 bits per heavy atom. The number of halogens is 5. The molecule has 0 spiro atoms. The number of alkyl halides is 3. The van der Waals surface area contributed by atoms with Crippen molar-refractivity contribution in [3.63, 3.8) is 0 Å². The number of phenols is 1. The summed E-state index contributed by atoms with van der Waals surface area (Å²) >= 11 is 6.86. The summed E-state index contributed by atoms with van der Waals surface area (Å²) < 4.78 is 55.3. The van der Waals surface area contributed by atoms with Crippen LogP contribution in [0.5, 0.6) is 11.5 Å². The Morgan fingerprint density at radius 2 is 1.82 bits per heavy atom. The first-order valence-corrected chi connectivity index (χ1v) is 10.4. The molecule has 0 radical (unpaired) electrons. The van der Waals surface area contributed by atoms with Crippen molar-refractivity contribution in [1.82, 2.24) is 5.32 Å². The number of thiophene rings is 1. The van der Waals surface area contributed by atoms with Gasteiger partial charge >= 0.3 is 6.36 Å². The van der Waals surface area contributed by atoms with Crippen molar-refractivity contribution >= 4 is 39.8 Å². The van der Waals surface area contributed by atoms with Crippen molar-refractivity contribution in [2.24, 2.45) is 0 Å². The van der Waals surface area contributed by atoms with Crippen LogP contribution in [0.4, 0.5) is 22.6 Å². The van der Waals surface area contributed by atoms with Gasteiger partial charge in [-0.3, -0.25) is 9.59 Å². The highest BCUT2D eigenvalue weighted by Gasteiger charge is 2.32. The highest BCUT2D eigenvalue weighted by molar-refractivity contribution is 7.20. The Morgan fingerprint density at radius 3 is 2.52 bits per heavy atom. The van der Waals surface area contributed by atoms with Crippen molar-refractivity contribution in [3.8, 4) is 11.5 Å². The summed E-state index contributed by atoms with van der Waals surface area (Å²) in [6.07, 6.45) is -4.80. The number of phenolic OH excluding ortho intramolecular Hbond substituents is 1. The fraction of sp³-hybridized carbons (Fsp3) is 0.143. The van der Waals surface area contributed by atoms with E-state index in [-0.39, 0.29) is 44.7 Å². The van der Waals surface area contributed by atoms with Gasteiger partial charge in [0.1, 0.15) is 10.8 Å². The zero-order valence-electron chi connectivity index (χ0n) is 16.5. The van der Waals surface area contributed by atoms with Crippen LogP contribution in [0, 0.1) is 5.82 Å². The van der Waals surface area contributed by atoms with Gasteiger partial charge in [0.05, 0.1) is 9.90 Å². The molecule has 3 N–H and O–H groups in total. The highest BCUT2D eigenvalue weighted by Crippen LogP contribution is 2.32. The van der Waals surface area contributed by atoms with E-state index in [1.54, 1.807) is 6.07 Å². The first-order chi connectivity index (χ1) is 15.5. The second-order valence-corrected chi connectivity index (χ2v) is 8.26. The monoisotopic (exact) mass is 502 g/mol. The Hall–Kier alpha value is -3.31. The smallest absolute Gasteiger partial charge is 0.505 e. The molecule has 0 aliphatic heterocycles. The Balaban J connectivity index is 1.66. The third-order valence-electron chi connectivity index (χ3n) is 4.26. The van der Waals surface area contributed by atoms with Gasteiger partial charge in [-0.25, -0.2) is 4.39 Å². The molecule has 33 heavy (non-hydrogen) atoms. The van der Waals surface area contributed by atoms with Crippen molar-refractivity contribution < 1.29 is 37.0 Å². The largest absolute Gasteiger partial charge is 0.573 e. The van der Waals surface area contributed by atoms with Crippen molar-refractivity contribution in [1.29, 1.82) is 0 Å². The van der Waals surface area contributed by atoms with Gasteiger partial charge in [0.25, 0.3) is 11.8 Å². The first-order valence-electron chi connectivity index (χ1n) is 9.24. The van der Waals surface area contributed by atoms with Gasteiger partial charge in [-0.05, 0) is 42.3 Å². The quantitative estimate of drug-likeness (QED) is 0.379. The van der Waals surface area contributed by atoms with Crippen LogP contribution in [0.3, 0.4) is 0 Å². The zero-order valence-corrected chi connectivity index (χ0v) is 18.1. The number of carbonyl (C=O) groups excluding carboxylic acids is 2. The van der Waals surface area contributed by atoms with Crippen LogP contribution in [0.1, 0.15) is 26.3 Å². The molecular formula is C21H15ClF4N2O4S.